The highest BCUT2D eigenvalue weighted by Crippen LogP contribution is 2.29. The van der Waals surface area contributed by atoms with Gasteiger partial charge in [-0.15, -0.1) is 0 Å². The zero-order chi connectivity index (χ0) is 22.8. The van der Waals surface area contributed by atoms with Gasteiger partial charge >= 0.3 is 6.18 Å². The summed E-state index contributed by atoms with van der Waals surface area (Å²) in [6, 6.07) is 12.8. The molecule has 0 aliphatic carbocycles. The Morgan fingerprint density at radius 3 is 2.48 bits per heavy atom. The predicted octanol–water partition coefficient (Wildman–Crippen LogP) is 5.42. The first-order chi connectivity index (χ1) is 14.6. The van der Waals surface area contributed by atoms with Crippen molar-refractivity contribution >= 4 is 12.1 Å². The van der Waals surface area contributed by atoms with Gasteiger partial charge in [0.2, 0.25) is 5.91 Å². The first-order valence-electron chi connectivity index (χ1n) is 9.81. The molecule has 7 heteroatoms. The number of halogens is 3. The van der Waals surface area contributed by atoms with Crippen LogP contribution in [0.2, 0.25) is 0 Å². The molecule has 0 radical (unpaired) electrons. The van der Waals surface area contributed by atoms with Gasteiger partial charge in [-0.3, -0.25) is 4.79 Å². The van der Waals surface area contributed by atoms with Crippen molar-refractivity contribution in [1.82, 2.24) is 9.99 Å². The normalized spacial score (nSPS) is 11.8. The summed E-state index contributed by atoms with van der Waals surface area (Å²) in [7, 11) is 0. The van der Waals surface area contributed by atoms with Crippen LogP contribution in [0.4, 0.5) is 13.2 Å². The molecule has 162 valence electrons. The number of hydrazone groups is 1. The highest BCUT2D eigenvalue weighted by atomic mass is 19.4. The highest BCUT2D eigenvalue weighted by Gasteiger charge is 2.30. The van der Waals surface area contributed by atoms with Gasteiger partial charge in [0.15, 0.2) is 0 Å². The van der Waals surface area contributed by atoms with Crippen molar-refractivity contribution in [3.05, 3.63) is 87.7 Å². The lowest BCUT2D eigenvalue weighted by molar-refractivity contribution is -0.137. The second-order valence-electron chi connectivity index (χ2n) is 7.55. The lowest BCUT2D eigenvalue weighted by Crippen LogP contribution is -2.20. The summed E-state index contributed by atoms with van der Waals surface area (Å²) in [5, 5.41) is 4.00. The van der Waals surface area contributed by atoms with Gasteiger partial charge in [0, 0.05) is 22.6 Å². The van der Waals surface area contributed by atoms with E-state index in [9.17, 15) is 18.0 Å². The van der Waals surface area contributed by atoms with Gasteiger partial charge in [-0.1, -0.05) is 30.3 Å². The molecule has 0 fully saturated rings. The Morgan fingerprint density at radius 1 is 1.06 bits per heavy atom. The number of aromatic nitrogens is 1. The average Bonchev–Trinajstić information content (AvgIpc) is 2.97. The number of alkyl halides is 3. The van der Waals surface area contributed by atoms with E-state index in [4.69, 9.17) is 0 Å². The highest BCUT2D eigenvalue weighted by molar-refractivity contribution is 5.85. The zero-order valence-corrected chi connectivity index (χ0v) is 17.8. The molecule has 2 aromatic carbocycles. The molecule has 0 saturated heterocycles. The summed E-state index contributed by atoms with van der Waals surface area (Å²) >= 11 is 0. The third kappa shape index (κ3) is 5.05. The minimum absolute atomic E-state index is 0.192. The lowest BCUT2D eigenvalue weighted by Gasteiger charge is -2.14. The third-order valence-corrected chi connectivity index (χ3v) is 5.30. The van der Waals surface area contributed by atoms with E-state index in [0.29, 0.717) is 0 Å². The van der Waals surface area contributed by atoms with Crippen LogP contribution in [-0.2, 0) is 17.4 Å². The van der Waals surface area contributed by atoms with Crippen molar-refractivity contribution in [3.63, 3.8) is 0 Å². The summed E-state index contributed by atoms with van der Waals surface area (Å²) < 4.78 is 40.6. The summed E-state index contributed by atoms with van der Waals surface area (Å²) in [5.74, 6) is -0.487. The zero-order valence-electron chi connectivity index (χ0n) is 17.8. The fourth-order valence-electron chi connectivity index (χ4n) is 3.52. The molecule has 3 rings (SSSR count). The number of carbonyl (C=O) groups excluding carboxylic acids is 1. The van der Waals surface area contributed by atoms with E-state index in [2.05, 4.69) is 41.1 Å². The molecular weight excluding hydrogens is 403 g/mol. The van der Waals surface area contributed by atoms with Crippen LogP contribution in [0.3, 0.4) is 0 Å². The number of nitrogens with zero attached hydrogens (tertiary/aromatic N) is 2. The van der Waals surface area contributed by atoms with Gasteiger partial charge < -0.3 is 4.57 Å². The predicted molar refractivity (Wildman–Crippen MR) is 116 cm³/mol. The molecule has 0 spiro atoms. The van der Waals surface area contributed by atoms with E-state index in [0.717, 1.165) is 34.8 Å². The van der Waals surface area contributed by atoms with Gasteiger partial charge in [-0.25, -0.2) is 5.43 Å². The van der Waals surface area contributed by atoms with Gasteiger partial charge in [-0.05, 0) is 62.6 Å². The standard InChI is InChI=1S/C24H24F3N3O/c1-15-7-5-10-22(17(15)3)30-16(2)11-20(18(30)4)14-28-29-23(31)13-19-8-6-9-21(12-19)24(25,26)27/h5-12,14H,13H2,1-4H3,(H,29,31)/b28-14-. The van der Waals surface area contributed by atoms with Crippen molar-refractivity contribution in [3.8, 4) is 5.69 Å². The second kappa shape index (κ2) is 8.79. The van der Waals surface area contributed by atoms with Crippen molar-refractivity contribution in [1.29, 1.82) is 0 Å². The van der Waals surface area contributed by atoms with Crippen molar-refractivity contribution in [2.24, 2.45) is 5.10 Å². The Labute approximate surface area is 179 Å². The number of rotatable bonds is 5. The lowest BCUT2D eigenvalue weighted by atomic mass is 10.1. The maximum Gasteiger partial charge on any atom is 0.416 e. The van der Waals surface area contributed by atoms with Crippen molar-refractivity contribution in [2.45, 2.75) is 40.3 Å². The molecule has 0 atom stereocenters. The minimum atomic E-state index is -4.44. The molecule has 0 saturated carbocycles. The van der Waals surface area contributed by atoms with Crippen LogP contribution >= 0.6 is 0 Å². The second-order valence-corrected chi connectivity index (χ2v) is 7.55. The van der Waals surface area contributed by atoms with E-state index in [1.54, 1.807) is 6.21 Å². The van der Waals surface area contributed by atoms with Crippen LogP contribution in [0.15, 0.2) is 53.6 Å². The van der Waals surface area contributed by atoms with Gasteiger partial charge in [-0.2, -0.15) is 18.3 Å². The Kier molecular flexibility index (Phi) is 6.34. The first kappa shape index (κ1) is 22.3. The maximum atomic E-state index is 12.8. The van der Waals surface area contributed by atoms with Gasteiger partial charge in [0.1, 0.15) is 0 Å². The SMILES string of the molecule is Cc1cccc(-n2c(C)cc(/C=N\NC(=O)Cc3cccc(C(F)(F)F)c3)c2C)c1C. The van der Waals surface area contributed by atoms with Crippen LogP contribution in [-0.4, -0.2) is 16.7 Å². The third-order valence-electron chi connectivity index (χ3n) is 5.30. The topological polar surface area (TPSA) is 46.4 Å². The molecule has 0 bridgehead atoms. The molecular formula is C24H24F3N3O. The van der Waals surface area contributed by atoms with E-state index >= 15 is 0 Å². The molecule has 0 aliphatic rings. The van der Waals surface area contributed by atoms with Crippen LogP contribution in [0.25, 0.3) is 5.69 Å². The Bertz CT molecular complexity index is 1140. The van der Waals surface area contributed by atoms with E-state index in [1.807, 2.05) is 26.0 Å². The molecule has 3 aromatic rings. The van der Waals surface area contributed by atoms with Crippen molar-refractivity contribution in [2.75, 3.05) is 0 Å². The summed E-state index contributed by atoms with van der Waals surface area (Å²) in [5.41, 5.74) is 8.21. The number of hydrogen-bond acceptors (Lipinski definition) is 2. The van der Waals surface area contributed by atoms with Crippen LogP contribution in [0, 0.1) is 27.7 Å². The number of aryl methyl sites for hydroxylation is 2. The van der Waals surface area contributed by atoms with E-state index < -0.39 is 17.6 Å². The smallest absolute Gasteiger partial charge is 0.318 e. The van der Waals surface area contributed by atoms with E-state index in [1.165, 1.54) is 23.3 Å². The molecule has 1 heterocycles. The maximum absolute atomic E-state index is 12.8. The summed E-state index contributed by atoms with van der Waals surface area (Å²) in [6.45, 7) is 8.11. The van der Waals surface area contributed by atoms with E-state index in [-0.39, 0.29) is 12.0 Å². The number of carbonyl (C=O) groups is 1. The minimum Gasteiger partial charge on any atom is -0.318 e. The van der Waals surface area contributed by atoms with Gasteiger partial charge in [0.05, 0.1) is 18.2 Å². The van der Waals surface area contributed by atoms with Crippen LogP contribution in [0.1, 0.15) is 39.2 Å². The summed E-state index contributed by atoms with van der Waals surface area (Å²) in [4.78, 5) is 12.1. The molecule has 0 unspecified atom stereocenters. The number of nitrogens with one attached hydrogen (secondary N) is 1. The fourth-order valence-corrected chi connectivity index (χ4v) is 3.52. The van der Waals surface area contributed by atoms with Crippen molar-refractivity contribution < 1.29 is 18.0 Å². The molecule has 1 amide bonds. The fraction of sp³-hybridized carbons (Fsp3) is 0.250. The Morgan fingerprint density at radius 2 is 1.77 bits per heavy atom. The molecule has 31 heavy (non-hydrogen) atoms. The molecule has 1 aromatic heterocycles. The summed E-state index contributed by atoms with van der Waals surface area (Å²) in [6.07, 6.45) is -3.08. The van der Waals surface area contributed by atoms with Crippen LogP contribution in [0.5, 0.6) is 0 Å². The Hall–Kier alpha value is -3.35. The molecule has 1 N–H and O–H groups in total. The first-order valence-corrected chi connectivity index (χ1v) is 9.81. The Balaban J connectivity index is 1.72. The average molecular weight is 427 g/mol. The number of hydrogen-bond donors (Lipinski definition) is 1. The number of amides is 1. The molecule has 4 nitrogen and oxygen atoms in total. The van der Waals surface area contributed by atoms with Crippen LogP contribution < -0.4 is 5.43 Å². The van der Waals surface area contributed by atoms with Gasteiger partial charge in [0.25, 0.3) is 0 Å². The quantitative estimate of drug-likeness (QED) is 0.429. The monoisotopic (exact) mass is 427 g/mol. The molecule has 0 aliphatic heterocycles. The number of benzene rings is 2. The largest absolute Gasteiger partial charge is 0.416 e.